The first kappa shape index (κ1) is 22.8. The molecule has 7 aromatic rings. The van der Waals surface area contributed by atoms with Crippen LogP contribution in [0.1, 0.15) is 24.8 Å². The number of allylic oxidation sites excluding steroid dienone is 1. The van der Waals surface area contributed by atoms with Crippen molar-refractivity contribution in [1.29, 1.82) is 0 Å². The average molecular weight is 525 g/mol. The molecule has 41 heavy (non-hydrogen) atoms. The van der Waals surface area contributed by atoms with Gasteiger partial charge in [0.2, 0.25) is 0 Å². The quantitative estimate of drug-likeness (QED) is 0.219. The van der Waals surface area contributed by atoms with Crippen molar-refractivity contribution in [3.05, 3.63) is 132 Å². The Labute approximate surface area is 238 Å². The predicted molar refractivity (Wildman–Crippen MR) is 174 cm³/mol. The topological polar surface area (TPSA) is 17.3 Å². The Hall–Kier alpha value is -4.95. The Balaban J connectivity index is 1.23. The van der Waals surface area contributed by atoms with E-state index in [2.05, 4.69) is 125 Å². The zero-order valence-electron chi connectivity index (χ0n) is 22.8. The van der Waals surface area contributed by atoms with E-state index in [1.807, 2.05) is 6.21 Å². The van der Waals surface area contributed by atoms with Crippen molar-refractivity contribution in [2.24, 2.45) is 4.99 Å². The van der Waals surface area contributed by atoms with Crippen LogP contribution in [0.3, 0.4) is 0 Å². The van der Waals surface area contributed by atoms with Crippen LogP contribution in [0, 0.1) is 0 Å². The molecular formula is C39H28N2. The van der Waals surface area contributed by atoms with Gasteiger partial charge in [0.05, 0.1) is 11.0 Å². The highest BCUT2D eigenvalue weighted by atomic mass is 15.0. The molecule has 6 aromatic carbocycles. The van der Waals surface area contributed by atoms with Crippen LogP contribution in [0.25, 0.3) is 65.7 Å². The van der Waals surface area contributed by atoms with Crippen molar-refractivity contribution in [1.82, 2.24) is 4.57 Å². The maximum atomic E-state index is 4.50. The summed E-state index contributed by atoms with van der Waals surface area (Å²) in [7, 11) is 0. The molecule has 0 atom stereocenters. The van der Waals surface area contributed by atoms with E-state index in [4.69, 9.17) is 0 Å². The number of fused-ring (bicyclic) bond motifs is 3. The van der Waals surface area contributed by atoms with Gasteiger partial charge in [-0.15, -0.1) is 0 Å². The maximum absolute atomic E-state index is 4.50. The van der Waals surface area contributed by atoms with Gasteiger partial charge in [0, 0.05) is 28.9 Å². The molecule has 2 heterocycles. The zero-order chi connectivity index (χ0) is 26.9. The van der Waals surface area contributed by atoms with Crippen LogP contribution in [0.2, 0.25) is 0 Å². The molecule has 0 N–H and O–H groups in total. The molecule has 0 amide bonds. The molecule has 0 bridgehead atoms. The largest absolute Gasteiger partial charge is 0.309 e. The standard InChI is InChI=1S/C39H28N2/c1-3-9-36-32(7-1)33-8-2-4-10-37(33)41(36)29-17-11-25(12-18-29)30-19-13-26-16-22-35-31(28-6-5-23-40-24-28)20-14-27-15-21-34(30)38(26)39(27)35/h1-4,7-13,15-19,21-24H,5-6,14,20H2. The molecule has 194 valence electrons. The second kappa shape index (κ2) is 8.78. The molecule has 2 heteroatoms. The van der Waals surface area contributed by atoms with Crippen LogP contribution < -0.4 is 5.22 Å². The van der Waals surface area contributed by atoms with E-state index in [1.165, 1.54) is 82.1 Å². The summed E-state index contributed by atoms with van der Waals surface area (Å²) in [5, 5.41) is 9.50. The first-order valence-electron chi connectivity index (χ1n) is 14.7. The van der Waals surface area contributed by atoms with E-state index in [-0.39, 0.29) is 0 Å². The number of para-hydroxylation sites is 2. The fourth-order valence-corrected chi connectivity index (χ4v) is 7.38. The van der Waals surface area contributed by atoms with Crippen LogP contribution in [0.15, 0.2) is 126 Å². The number of benzene rings is 6. The summed E-state index contributed by atoms with van der Waals surface area (Å²) in [6.07, 6.45) is 8.44. The number of aromatic nitrogens is 1. The number of hydrogen-bond donors (Lipinski definition) is 0. The Bertz CT molecular complexity index is 2240. The molecule has 2 nitrogen and oxygen atoms in total. The SMILES string of the molecule is C1=NC=C(C2=c3ccc4ccc(-c5ccc(-n6c7ccccc7c7ccccc76)cc5)c5ccc(c3c45)CC2)CC1. The van der Waals surface area contributed by atoms with Crippen LogP contribution >= 0.6 is 0 Å². The maximum Gasteiger partial charge on any atom is 0.0541 e. The molecule has 0 fully saturated rings. The predicted octanol–water partition coefficient (Wildman–Crippen LogP) is 9.32. The van der Waals surface area contributed by atoms with Gasteiger partial charge in [-0.1, -0.05) is 84.9 Å². The number of nitrogens with zero attached hydrogens (tertiary/aromatic N) is 2. The molecular weight excluding hydrogens is 496 g/mol. The molecule has 0 saturated heterocycles. The van der Waals surface area contributed by atoms with Crippen molar-refractivity contribution < 1.29 is 0 Å². The Morgan fingerprint density at radius 1 is 0.585 bits per heavy atom. The summed E-state index contributed by atoms with van der Waals surface area (Å²) in [4.78, 5) is 4.50. The Morgan fingerprint density at radius 2 is 1.34 bits per heavy atom. The van der Waals surface area contributed by atoms with Crippen LogP contribution in [-0.2, 0) is 6.42 Å². The summed E-state index contributed by atoms with van der Waals surface area (Å²) in [5.41, 5.74) is 10.6. The monoisotopic (exact) mass is 524 g/mol. The molecule has 1 aromatic heterocycles. The van der Waals surface area contributed by atoms with Gasteiger partial charge in [-0.05, 0) is 105 Å². The highest BCUT2D eigenvalue weighted by Gasteiger charge is 2.20. The normalized spacial score (nSPS) is 14.9. The van der Waals surface area contributed by atoms with E-state index in [1.54, 1.807) is 0 Å². The third-order valence-electron chi connectivity index (χ3n) is 9.25. The minimum atomic E-state index is 1.04. The van der Waals surface area contributed by atoms with Gasteiger partial charge in [-0.25, -0.2) is 0 Å². The summed E-state index contributed by atoms with van der Waals surface area (Å²) in [6.45, 7) is 0. The fourth-order valence-electron chi connectivity index (χ4n) is 7.38. The van der Waals surface area contributed by atoms with Crippen LogP contribution in [0.4, 0.5) is 0 Å². The van der Waals surface area contributed by atoms with E-state index < -0.39 is 0 Å². The van der Waals surface area contributed by atoms with E-state index in [0.29, 0.717) is 0 Å². The fraction of sp³-hybridized carbons (Fsp3) is 0.103. The second-order valence-corrected chi connectivity index (χ2v) is 11.4. The van der Waals surface area contributed by atoms with E-state index in [9.17, 15) is 0 Å². The molecule has 0 radical (unpaired) electrons. The second-order valence-electron chi connectivity index (χ2n) is 11.4. The van der Waals surface area contributed by atoms with Gasteiger partial charge < -0.3 is 4.57 Å². The highest BCUT2D eigenvalue weighted by molar-refractivity contribution is 6.17. The highest BCUT2D eigenvalue weighted by Crippen LogP contribution is 2.39. The third kappa shape index (κ3) is 3.34. The molecule has 1 aliphatic heterocycles. The first-order valence-corrected chi connectivity index (χ1v) is 14.7. The molecule has 2 aliphatic rings. The minimum absolute atomic E-state index is 1.04. The van der Waals surface area contributed by atoms with Crippen LogP contribution in [-0.4, -0.2) is 10.8 Å². The van der Waals surface area contributed by atoms with E-state index in [0.717, 1.165) is 25.7 Å². The van der Waals surface area contributed by atoms with Gasteiger partial charge in [0.1, 0.15) is 0 Å². The van der Waals surface area contributed by atoms with Crippen molar-refractivity contribution in [2.75, 3.05) is 0 Å². The molecule has 0 unspecified atom stereocenters. The molecule has 1 aliphatic carbocycles. The Morgan fingerprint density at radius 3 is 2.10 bits per heavy atom. The van der Waals surface area contributed by atoms with Crippen molar-refractivity contribution in [3.63, 3.8) is 0 Å². The molecule has 9 rings (SSSR count). The van der Waals surface area contributed by atoms with Gasteiger partial charge in [-0.3, -0.25) is 4.99 Å². The van der Waals surface area contributed by atoms with E-state index >= 15 is 0 Å². The minimum Gasteiger partial charge on any atom is -0.309 e. The van der Waals surface area contributed by atoms with Crippen LogP contribution in [0.5, 0.6) is 0 Å². The first-order chi connectivity index (χ1) is 20.3. The lowest BCUT2D eigenvalue weighted by molar-refractivity contribution is 0.955. The summed E-state index contributed by atoms with van der Waals surface area (Å²) >= 11 is 0. The lowest BCUT2D eigenvalue weighted by atomic mass is 9.82. The average Bonchev–Trinajstić information content (AvgIpc) is 3.38. The number of hydrogen-bond acceptors (Lipinski definition) is 1. The third-order valence-corrected chi connectivity index (χ3v) is 9.25. The Kier molecular flexibility index (Phi) is 4.89. The van der Waals surface area contributed by atoms with Gasteiger partial charge in [-0.2, -0.15) is 0 Å². The van der Waals surface area contributed by atoms with Gasteiger partial charge in [0.25, 0.3) is 0 Å². The summed E-state index contributed by atoms with van der Waals surface area (Å²) in [5.74, 6) is 0. The number of aliphatic imine (C=N–C) groups is 1. The lowest BCUT2D eigenvalue weighted by Crippen LogP contribution is -2.17. The lowest BCUT2D eigenvalue weighted by Gasteiger charge is -2.22. The van der Waals surface area contributed by atoms with Gasteiger partial charge >= 0.3 is 0 Å². The van der Waals surface area contributed by atoms with Crippen molar-refractivity contribution in [2.45, 2.75) is 25.7 Å². The van der Waals surface area contributed by atoms with Crippen molar-refractivity contribution in [3.8, 4) is 16.8 Å². The summed E-state index contributed by atoms with van der Waals surface area (Å²) < 4.78 is 2.39. The van der Waals surface area contributed by atoms with Gasteiger partial charge in [0.15, 0.2) is 0 Å². The summed E-state index contributed by atoms with van der Waals surface area (Å²) in [6, 6.07) is 40.6. The molecule has 0 saturated carbocycles. The number of rotatable bonds is 3. The van der Waals surface area contributed by atoms with Crippen molar-refractivity contribution >= 4 is 55.1 Å². The smallest absolute Gasteiger partial charge is 0.0541 e. The molecule has 0 spiro atoms. The zero-order valence-corrected chi connectivity index (χ0v) is 22.8. The number of aryl methyl sites for hydroxylation is 1.